The highest BCUT2D eigenvalue weighted by atomic mass is 32.1. The number of hydrogen-bond donors (Lipinski definition) is 1. The molecule has 0 aliphatic carbocycles. The first-order valence-corrected chi connectivity index (χ1v) is 9.23. The SMILES string of the molecule is C=CCn1c(=S)[nH]c2cc(C(=O)N3CCc4ccccc4C3)ccc2c1=O. The summed E-state index contributed by atoms with van der Waals surface area (Å²) in [6, 6.07) is 13.3. The van der Waals surface area contributed by atoms with Gasteiger partial charge in [-0.25, -0.2) is 0 Å². The Labute approximate surface area is 161 Å². The van der Waals surface area contributed by atoms with Crippen LogP contribution in [0, 0.1) is 4.77 Å². The van der Waals surface area contributed by atoms with E-state index in [2.05, 4.69) is 23.7 Å². The first-order chi connectivity index (χ1) is 13.1. The molecule has 1 N–H and O–H groups in total. The molecule has 5 nitrogen and oxygen atoms in total. The molecule has 2 aromatic carbocycles. The van der Waals surface area contributed by atoms with Crippen molar-refractivity contribution in [3.05, 3.63) is 86.9 Å². The Hall–Kier alpha value is -2.99. The number of aromatic amines is 1. The quantitative estimate of drug-likeness (QED) is 0.562. The fraction of sp³-hybridized carbons (Fsp3) is 0.190. The fourth-order valence-electron chi connectivity index (χ4n) is 3.53. The van der Waals surface area contributed by atoms with Crippen molar-refractivity contribution in [2.75, 3.05) is 6.54 Å². The van der Waals surface area contributed by atoms with Crippen LogP contribution in [0.3, 0.4) is 0 Å². The number of nitrogens with one attached hydrogen (secondary N) is 1. The van der Waals surface area contributed by atoms with E-state index in [-0.39, 0.29) is 11.5 Å². The number of rotatable bonds is 3. The second kappa shape index (κ2) is 6.96. The highest BCUT2D eigenvalue weighted by molar-refractivity contribution is 7.71. The third kappa shape index (κ3) is 3.13. The van der Waals surface area contributed by atoms with Crippen molar-refractivity contribution in [1.82, 2.24) is 14.5 Å². The number of hydrogen-bond acceptors (Lipinski definition) is 3. The second-order valence-corrected chi connectivity index (χ2v) is 7.03. The van der Waals surface area contributed by atoms with Gasteiger partial charge < -0.3 is 9.88 Å². The first-order valence-electron chi connectivity index (χ1n) is 8.82. The van der Waals surface area contributed by atoms with Gasteiger partial charge in [0.1, 0.15) is 0 Å². The number of carbonyl (C=O) groups is 1. The molecule has 3 aromatic rings. The summed E-state index contributed by atoms with van der Waals surface area (Å²) in [7, 11) is 0. The fourth-order valence-corrected chi connectivity index (χ4v) is 3.80. The summed E-state index contributed by atoms with van der Waals surface area (Å²) in [5.74, 6) is -0.0407. The van der Waals surface area contributed by atoms with Crippen LogP contribution < -0.4 is 5.56 Å². The van der Waals surface area contributed by atoms with Crippen molar-refractivity contribution in [2.45, 2.75) is 19.5 Å². The lowest BCUT2D eigenvalue weighted by Crippen LogP contribution is -2.36. The number of allylic oxidation sites excluding steroid dienone is 1. The van der Waals surface area contributed by atoms with Gasteiger partial charge in [-0.1, -0.05) is 30.3 Å². The molecule has 4 rings (SSSR count). The normalized spacial score (nSPS) is 13.4. The minimum Gasteiger partial charge on any atom is -0.334 e. The molecule has 1 amide bonds. The van der Waals surface area contributed by atoms with Crippen molar-refractivity contribution in [2.24, 2.45) is 0 Å². The zero-order chi connectivity index (χ0) is 19.0. The van der Waals surface area contributed by atoms with Gasteiger partial charge in [-0.05, 0) is 48.0 Å². The summed E-state index contributed by atoms with van der Waals surface area (Å²) in [6.45, 7) is 5.29. The Kier molecular flexibility index (Phi) is 4.49. The molecule has 0 fully saturated rings. The standard InChI is InChI=1S/C21H19N3O2S/c1-2-10-24-20(26)17-8-7-15(12-18(17)22-21(24)27)19(25)23-11-9-14-5-3-4-6-16(14)13-23/h2-8,12H,1,9-11,13H2,(H,22,27). The van der Waals surface area contributed by atoms with E-state index in [9.17, 15) is 9.59 Å². The van der Waals surface area contributed by atoms with Crippen LogP contribution in [0.25, 0.3) is 10.9 Å². The Bertz CT molecular complexity index is 1180. The summed E-state index contributed by atoms with van der Waals surface area (Å²) in [5, 5.41) is 0.506. The maximum atomic E-state index is 13.0. The maximum absolute atomic E-state index is 13.0. The second-order valence-electron chi connectivity index (χ2n) is 6.64. The van der Waals surface area contributed by atoms with Crippen LogP contribution in [0.4, 0.5) is 0 Å². The molecule has 0 saturated carbocycles. The predicted molar refractivity (Wildman–Crippen MR) is 108 cm³/mol. The summed E-state index contributed by atoms with van der Waals surface area (Å²) in [4.78, 5) is 30.5. The van der Waals surface area contributed by atoms with Crippen LogP contribution in [-0.4, -0.2) is 26.9 Å². The van der Waals surface area contributed by atoms with Gasteiger partial charge in [-0.3, -0.25) is 14.2 Å². The smallest absolute Gasteiger partial charge is 0.262 e. The van der Waals surface area contributed by atoms with E-state index in [1.54, 1.807) is 24.3 Å². The van der Waals surface area contributed by atoms with Gasteiger partial charge in [0.05, 0.1) is 10.9 Å². The number of amides is 1. The molecule has 0 atom stereocenters. The zero-order valence-corrected chi connectivity index (χ0v) is 15.6. The van der Waals surface area contributed by atoms with Crippen LogP contribution in [0.5, 0.6) is 0 Å². The molecule has 1 aliphatic heterocycles. The number of nitrogens with zero attached hydrogens (tertiary/aromatic N) is 2. The molecule has 0 unspecified atom stereocenters. The molecule has 0 radical (unpaired) electrons. The minimum atomic E-state index is -0.181. The van der Waals surface area contributed by atoms with E-state index >= 15 is 0 Å². The first kappa shape index (κ1) is 17.4. The van der Waals surface area contributed by atoms with Crippen molar-refractivity contribution >= 4 is 29.0 Å². The van der Waals surface area contributed by atoms with Gasteiger partial charge in [0.25, 0.3) is 11.5 Å². The Morgan fingerprint density at radius 3 is 2.78 bits per heavy atom. The highest BCUT2D eigenvalue weighted by Gasteiger charge is 2.22. The van der Waals surface area contributed by atoms with Crippen molar-refractivity contribution < 1.29 is 4.79 Å². The van der Waals surface area contributed by atoms with E-state index in [0.29, 0.717) is 40.9 Å². The zero-order valence-electron chi connectivity index (χ0n) is 14.8. The maximum Gasteiger partial charge on any atom is 0.262 e. The van der Waals surface area contributed by atoms with E-state index in [1.807, 2.05) is 17.0 Å². The largest absolute Gasteiger partial charge is 0.334 e. The molecule has 0 saturated heterocycles. The molecule has 136 valence electrons. The number of aromatic nitrogens is 2. The molecule has 1 aliphatic rings. The summed E-state index contributed by atoms with van der Waals surface area (Å²) < 4.78 is 1.78. The van der Waals surface area contributed by atoms with Crippen LogP contribution >= 0.6 is 12.2 Å². The number of fused-ring (bicyclic) bond motifs is 2. The van der Waals surface area contributed by atoms with E-state index < -0.39 is 0 Å². The Balaban J connectivity index is 1.69. The average molecular weight is 377 g/mol. The molecule has 6 heteroatoms. The van der Waals surface area contributed by atoms with E-state index in [4.69, 9.17) is 12.2 Å². The summed E-state index contributed by atoms with van der Waals surface area (Å²) in [5.41, 5.74) is 3.43. The van der Waals surface area contributed by atoms with E-state index in [0.717, 1.165) is 6.42 Å². The monoisotopic (exact) mass is 377 g/mol. The van der Waals surface area contributed by atoms with Crippen LogP contribution in [0.1, 0.15) is 21.5 Å². The number of carbonyl (C=O) groups excluding carboxylic acids is 1. The third-order valence-electron chi connectivity index (χ3n) is 4.96. The lowest BCUT2D eigenvalue weighted by Gasteiger charge is -2.29. The number of H-pyrrole nitrogens is 1. The Morgan fingerprint density at radius 1 is 1.22 bits per heavy atom. The molecule has 27 heavy (non-hydrogen) atoms. The van der Waals surface area contributed by atoms with E-state index in [1.165, 1.54) is 15.7 Å². The molecular weight excluding hydrogens is 358 g/mol. The van der Waals surface area contributed by atoms with Crippen LogP contribution in [-0.2, 0) is 19.5 Å². The van der Waals surface area contributed by atoms with Gasteiger partial charge in [-0.2, -0.15) is 0 Å². The van der Waals surface area contributed by atoms with Crippen molar-refractivity contribution in [3.8, 4) is 0 Å². The van der Waals surface area contributed by atoms with Gasteiger partial charge in [-0.15, -0.1) is 6.58 Å². The van der Waals surface area contributed by atoms with Gasteiger partial charge in [0.15, 0.2) is 4.77 Å². The topological polar surface area (TPSA) is 58.1 Å². The van der Waals surface area contributed by atoms with Crippen LogP contribution in [0.2, 0.25) is 0 Å². The summed E-state index contributed by atoms with van der Waals surface area (Å²) >= 11 is 5.27. The minimum absolute atomic E-state index is 0.0407. The predicted octanol–water partition coefficient (Wildman–Crippen LogP) is 3.44. The van der Waals surface area contributed by atoms with Gasteiger partial charge in [0, 0.05) is 25.2 Å². The highest BCUT2D eigenvalue weighted by Crippen LogP contribution is 2.21. The average Bonchev–Trinajstić information content (AvgIpc) is 2.69. The number of benzene rings is 2. The molecular formula is C21H19N3O2S. The molecule has 0 bridgehead atoms. The van der Waals surface area contributed by atoms with Gasteiger partial charge in [0.2, 0.25) is 0 Å². The lowest BCUT2D eigenvalue weighted by atomic mass is 9.99. The van der Waals surface area contributed by atoms with Crippen molar-refractivity contribution in [3.63, 3.8) is 0 Å². The van der Waals surface area contributed by atoms with Crippen LogP contribution in [0.15, 0.2) is 59.9 Å². The third-order valence-corrected chi connectivity index (χ3v) is 5.28. The van der Waals surface area contributed by atoms with Gasteiger partial charge >= 0.3 is 0 Å². The summed E-state index contributed by atoms with van der Waals surface area (Å²) in [6.07, 6.45) is 2.48. The molecule has 1 aromatic heterocycles. The lowest BCUT2D eigenvalue weighted by molar-refractivity contribution is 0.0735. The Morgan fingerprint density at radius 2 is 2.00 bits per heavy atom. The molecule has 2 heterocycles. The van der Waals surface area contributed by atoms with Crippen molar-refractivity contribution in [1.29, 1.82) is 0 Å². The molecule has 0 spiro atoms.